The van der Waals surface area contributed by atoms with Gasteiger partial charge in [-0.25, -0.2) is 0 Å². The molecule has 5 rings (SSSR count). The van der Waals surface area contributed by atoms with Crippen molar-refractivity contribution in [1.29, 1.82) is 5.26 Å². The Morgan fingerprint density at radius 3 is 2.66 bits per heavy atom. The summed E-state index contributed by atoms with van der Waals surface area (Å²) < 4.78 is 0.920. The highest BCUT2D eigenvalue weighted by Crippen LogP contribution is 2.55. The molecular formula is C25H21BrN4O2. The number of amides is 1. The molecule has 6 nitrogen and oxygen atoms in total. The van der Waals surface area contributed by atoms with Crippen molar-refractivity contribution in [3.8, 4) is 6.07 Å². The van der Waals surface area contributed by atoms with Crippen molar-refractivity contribution in [2.75, 3.05) is 10.2 Å². The Morgan fingerprint density at radius 1 is 1.16 bits per heavy atom. The van der Waals surface area contributed by atoms with Crippen LogP contribution in [0.2, 0.25) is 0 Å². The van der Waals surface area contributed by atoms with Crippen LogP contribution in [0.5, 0.6) is 0 Å². The van der Waals surface area contributed by atoms with Gasteiger partial charge in [-0.2, -0.15) is 5.26 Å². The fourth-order valence-corrected chi connectivity index (χ4v) is 5.72. The Hall–Kier alpha value is -3.37. The largest absolute Gasteiger partial charge is 0.384 e. The van der Waals surface area contributed by atoms with E-state index in [1.807, 2.05) is 50.2 Å². The van der Waals surface area contributed by atoms with Crippen LogP contribution in [-0.4, -0.2) is 11.7 Å². The van der Waals surface area contributed by atoms with Crippen LogP contribution in [0.1, 0.15) is 36.0 Å². The van der Waals surface area contributed by atoms with Gasteiger partial charge in [0.05, 0.1) is 11.3 Å². The van der Waals surface area contributed by atoms with Crippen molar-refractivity contribution in [3.63, 3.8) is 0 Å². The van der Waals surface area contributed by atoms with Gasteiger partial charge >= 0.3 is 0 Å². The minimum absolute atomic E-state index is 0.0932. The molecule has 1 amide bonds. The number of Topliss-reactive ketones (excluding diaryl/α,β-unsaturated/α-hetero) is 1. The zero-order valence-electron chi connectivity index (χ0n) is 17.8. The Kier molecular flexibility index (Phi) is 4.54. The molecule has 0 bridgehead atoms. The second-order valence-corrected chi connectivity index (χ2v) is 9.41. The molecule has 3 aliphatic rings. The standard InChI is InChI=1S/C25H21BrN4O2/c1-13-6-8-18-16(10-13)25(24(32)29-18)17(12-27)23(28)30(19-9-7-15(26)11-14(19)2)20-4-3-5-21(31)22(20)25/h6-11H,3-5,28H2,1-2H3,(H,29,32). The molecule has 1 atom stereocenters. The first-order chi connectivity index (χ1) is 15.3. The zero-order valence-corrected chi connectivity index (χ0v) is 19.3. The van der Waals surface area contributed by atoms with Crippen LogP contribution < -0.4 is 16.0 Å². The van der Waals surface area contributed by atoms with Gasteiger partial charge in [0.1, 0.15) is 17.3 Å². The summed E-state index contributed by atoms with van der Waals surface area (Å²) in [6.45, 7) is 3.88. The molecule has 1 unspecified atom stereocenters. The van der Waals surface area contributed by atoms with E-state index in [0.717, 1.165) is 21.3 Å². The molecule has 7 heteroatoms. The van der Waals surface area contributed by atoms with Crippen molar-refractivity contribution >= 4 is 39.0 Å². The van der Waals surface area contributed by atoms with Gasteiger partial charge in [0, 0.05) is 33.4 Å². The number of nitrogens with two attached hydrogens (primary N) is 1. The van der Waals surface area contributed by atoms with Crippen molar-refractivity contribution in [1.82, 2.24) is 0 Å². The summed E-state index contributed by atoms with van der Waals surface area (Å²) in [6.07, 6.45) is 1.59. The van der Waals surface area contributed by atoms with Crippen molar-refractivity contribution < 1.29 is 9.59 Å². The second-order valence-electron chi connectivity index (χ2n) is 8.49. The number of carbonyl (C=O) groups excluding carboxylic acids is 2. The van der Waals surface area contributed by atoms with Gasteiger partial charge in [-0.15, -0.1) is 0 Å². The molecule has 160 valence electrons. The summed E-state index contributed by atoms with van der Waals surface area (Å²) in [6, 6.07) is 13.6. The topological polar surface area (TPSA) is 99.2 Å². The van der Waals surface area contributed by atoms with E-state index in [2.05, 4.69) is 27.3 Å². The number of halogens is 1. The summed E-state index contributed by atoms with van der Waals surface area (Å²) in [5, 5.41) is 13.2. The maximum Gasteiger partial charge on any atom is 0.245 e. The van der Waals surface area contributed by atoms with Gasteiger partial charge in [0.2, 0.25) is 5.91 Å². The van der Waals surface area contributed by atoms with Gasteiger partial charge in [-0.3, -0.25) is 14.5 Å². The first kappa shape index (κ1) is 20.5. The highest BCUT2D eigenvalue weighted by atomic mass is 79.9. The zero-order chi connectivity index (χ0) is 22.8. The molecule has 2 aliphatic heterocycles. The van der Waals surface area contributed by atoms with E-state index in [-0.39, 0.29) is 17.2 Å². The summed E-state index contributed by atoms with van der Waals surface area (Å²) in [4.78, 5) is 28.9. The number of fused-ring (bicyclic) bond motifs is 3. The van der Waals surface area contributed by atoms with Gasteiger partial charge in [0.25, 0.3) is 0 Å². The molecule has 2 heterocycles. The molecule has 1 spiro atoms. The molecule has 0 radical (unpaired) electrons. The minimum Gasteiger partial charge on any atom is -0.384 e. The SMILES string of the molecule is Cc1ccc2c(c1)C1(C(=O)N2)C(C#N)=C(N)N(c2ccc(Br)cc2C)C2=C1C(=O)CCC2. The van der Waals surface area contributed by atoms with Gasteiger partial charge in [-0.05, 0) is 56.5 Å². The third-order valence-electron chi connectivity index (χ3n) is 6.58. The monoisotopic (exact) mass is 488 g/mol. The van der Waals surface area contributed by atoms with Crippen LogP contribution in [0.15, 0.2) is 63.5 Å². The Balaban J connectivity index is 1.90. The summed E-state index contributed by atoms with van der Waals surface area (Å²) in [5.41, 5.74) is 10.2. The summed E-state index contributed by atoms with van der Waals surface area (Å²) >= 11 is 3.49. The Labute approximate surface area is 194 Å². The molecule has 0 saturated carbocycles. The fourth-order valence-electron chi connectivity index (χ4n) is 5.25. The number of ketones is 1. The molecule has 0 saturated heterocycles. The number of hydrogen-bond donors (Lipinski definition) is 2. The number of hydrogen-bond acceptors (Lipinski definition) is 5. The molecule has 1 aliphatic carbocycles. The molecule has 0 fully saturated rings. The number of carbonyl (C=O) groups is 2. The number of allylic oxidation sites excluding steroid dienone is 1. The van der Waals surface area contributed by atoms with Crippen LogP contribution >= 0.6 is 15.9 Å². The molecule has 2 aromatic carbocycles. The van der Waals surface area contributed by atoms with Crippen molar-refractivity contribution in [2.45, 2.75) is 38.5 Å². The van der Waals surface area contributed by atoms with Gasteiger partial charge in [-0.1, -0.05) is 33.6 Å². The third-order valence-corrected chi connectivity index (χ3v) is 7.07. The predicted molar refractivity (Wildman–Crippen MR) is 126 cm³/mol. The maximum absolute atomic E-state index is 13.6. The highest BCUT2D eigenvalue weighted by Gasteiger charge is 2.60. The van der Waals surface area contributed by atoms with Crippen molar-refractivity contribution in [3.05, 3.63) is 80.2 Å². The normalized spacial score (nSPS) is 22.1. The number of benzene rings is 2. The number of nitrogens with zero attached hydrogens (tertiary/aromatic N) is 2. The van der Waals surface area contributed by atoms with E-state index in [1.54, 1.807) is 4.90 Å². The van der Waals surface area contributed by atoms with Crippen LogP contribution in [0.4, 0.5) is 11.4 Å². The number of nitriles is 1. The Bertz CT molecular complexity index is 1330. The fraction of sp³-hybridized carbons (Fsp3) is 0.240. The van der Waals surface area contributed by atoms with E-state index < -0.39 is 11.3 Å². The maximum atomic E-state index is 13.6. The first-order valence-corrected chi connectivity index (χ1v) is 11.3. The number of aryl methyl sites for hydroxylation is 2. The number of nitrogens with one attached hydrogen (secondary N) is 1. The van der Waals surface area contributed by atoms with Crippen molar-refractivity contribution in [2.24, 2.45) is 5.73 Å². The second kappa shape index (κ2) is 7.07. The average molecular weight is 489 g/mol. The lowest BCUT2D eigenvalue weighted by atomic mass is 9.63. The minimum atomic E-state index is -1.52. The third kappa shape index (κ3) is 2.56. The summed E-state index contributed by atoms with van der Waals surface area (Å²) in [7, 11) is 0. The smallest absolute Gasteiger partial charge is 0.245 e. The average Bonchev–Trinajstić information content (AvgIpc) is 3.02. The number of rotatable bonds is 1. The van der Waals surface area contributed by atoms with Crippen LogP contribution in [0.3, 0.4) is 0 Å². The lowest BCUT2D eigenvalue weighted by Gasteiger charge is -2.44. The summed E-state index contributed by atoms with van der Waals surface area (Å²) in [5.74, 6) is -0.320. The van der Waals surface area contributed by atoms with E-state index in [9.17, 15) is 14.9 Å². The number of anilines is 2. The molecule has 32 heavy (non-hydrogen) atoms. The molecule has 3 N–H and O–H groups in total. The van der Waals surface area contributed by atoms with Crippen LogP contribution in [0.25, 0.3) is 0 Å². The molecule has 0 aromatic heterocycles. The van der Waals surface area contributed by atoms with Gasteiger partial charge < -0.3 is 11.1 Å². The predicted octanol–water partition coefficient (Wildman–Crippen LogP) is 4.48. The highest BCUT2D eigenvalue weighted by molar-refractivity contribution is 9.10. The van der Waals surface area contributed by atoms with Gasteiger partial charge in [0.15, 0.2) is 5.78 Å². The first-order valence-electron chi connectivity index (χ1n) is 10.5. The molecular weight excluding hydrogens is 468 g/mol. The van der Waals surface area contributed by atoms with E-state index in [0.29, 0.717) is 41.8 Å². The lowest BCUT2D eigenvalue weighted by molar-refractivity contribution is -0.122. The van der Waals surface area contributed by atoms with Crippen LogP contribution in [-0.2, 0) is 15.0 Å². The quantitative estimate of drug-likeness (QED) is 0.616. The molecule has 2 aromatic rings. The van der Waals surface area contributed by atoms with E-state index >= 15 is 0 Å². The van der Waals surface area contributed by atoms with E-state index in [4.69, 9.17) is 5.73 Å². The van der Waals surface area contributed by atoms with Crippen LogP contribution in [0, 0.1) is 25.2 Å². The Morgan fingerprint density at radius 2 is 1.94 bits per heavy atom. The van der Waals surface area contributed by atoms with E-state index in [1.165, 1.54) is 0 Å². The lowest BCUT2D eigenvalue weighted by Crippen LogP contribution is -2.50.